The van der Waals surface area contributed by atoms with Gasteiger partial charge in [0.2, 0.25) is 0 Å². The molecule has 0 atom stereocenters. The average molecular weight is 313 g/mol. The van der Waals surface area contributed by atoms with Crippen LogP contribution in [0.2, 0.25) is 0 Å². The number of pyridine rings is 1. The lowest BCUT2D eigenvalue weighted by molar-refractivity contribution is 0.639. The van der Waals surface area contributed by atoms with E-state index in [1.165, 1.54) is 64.4 Å². The standard InChI is InChI=1S/C23H23N/c1-23(2)19-10-6-5-9-17(19)18-11-12-24-21-14-16(13-20(23)22(18)21)15-7-3-4-8-15/h5-6,9-15H,3-4,7-8H2,1-2H3. The fourth-order valence-corrected chi connectivity index (χ4v) is 4.93. The van der Waals surface area contributed by atoms with Gasteiger partial charge >= 0.3 is 0 Å². The Morgan fingerprint density at radius 1 is 0.917 bits per heavy atom. The molecular weight excluding hydrogens is 290 g/mol. The highest BCUT2D eigenvalue weighted by molar-refractivity contribution is 6.01. The molecule has 1 heterocycles. The second kappa shape index (κ2) is 4.92. The van der Waals surface area contributed by atoms with E-state index >= 15 is 0 Å². The van der Waals surface area contributed by atoms with Gasteiger partial charge in [0, 0.05) is 17.0 Å². The van der Waals surface area contributed by atoms with E-state index in [9.17, 15) is 0 Å². The highest BCUT2D eigenvalue weighted by Crippen LogP contribution is 2.49. The van der Waals surface area contributed by atoms with Crippen molar-refractivity contribution in [3.63, 3.8) is 0 Å². The molecule has 0 radical (unpaired) electrons. The molecule has 0 bridgehead atoms. The van der Waals surface area contributed by atoms with Gasteiger partial charge in [-0.2, -0.15) is 0 Å². The second-order valence-electron chi connectivity index (χ2n) is 7.97. The van der Waals surface area contributed by atoms with Gasteiger partial charge in [-0.3, -0.25) is 4.98 Å². The normalized spacial score (nSPS) is 18.8. The van der Waals surface area contributed by atoms with Crippen molar-refractivity contribution in [3.8, 4) is 11.1 Å². The van der Waals surface area contributed by atoms with Gasteiger partial charge in [-0.25, -0.2) is 0 Å². The third-order valence-corrected chi connectivity index (χ3v) is 6.25. The maximum Gasteiger partial charge on any atom is 0.0714 e. The van der Waals surface area contributed by atoms with Gasteiger partial charge in [-0.1, -0.05) is 57.0 Å². The first-order valence-corrected chi connectivity index (χ1v) is 9.19. The first-order chi connectivity index (χ1) is 11.7. The van der Waals surface area contributed by atoms with Crippen molar-refractivity contribution in [3.05, 3.63) is 65.4 Å². The summed E-state index contributed by atoms with van der Waals surface area (Å²) in [4.78, 5) is 4.76. The quantitative estimate of drug-likeness (QED) is 0.521. The lowest BCUT2D eigenvalue weighted by Gasteiger charge is -2.35. The third-order valence-electron chi connectivity index (χ3n) is 6.25. The van der Waals surface area contributed by atoms with Crippen molar-refractivity contribution in [2.45, 2.75) is 50.9 Å². The van der Waals surface area contributed by atoms with Crippen LogP contribution in [0.4, 0.5) is 0 Å². The van der Waals surface area contributed by atoms with E-state index in [0.717, 1.165) is 5.92 Å². The number of hydrogen-bond donors (Lipinski definition) is 0. The number of fused-ring (bicyclic) bond motifs is 2. The van der Waals surface area contributed by atoms with Crippen LogP contribution < -0.4 is 0 Å². The van der Waals surface area contributed by atoms with Crippen molar-refractivity contribution < 1.29 is 0 Å². The molecule has 2 aliphatic carbocycles. The first kappa shape index (κ1) is 14.2. The molecule has 1 nitrogen and oxygen atoms in total. The summed E-state index contributed by atoms with van der Waals surface area (Å²) in [6.45, 7) is 4.74. The maximum atomic E-state index is 4.76. The van der Waals surface area contributed by atoms with Gasteiger partial charge in [0.15, 0.2) is 0 Å². The number of rotatable bonds is 1. The van der Waals surface area contributed by atoms with Crippen LogP contribution in [-0.2, 0) is 5.41 Å². The molecule has 5 rings (SSSR count). The van der Waals surface area contributed by atoms with Gasteiger partial charge in [0.05, 0.1) is 5.52 Å². The monoisotopic (exact) mass is 313 g/mol. The Kier molecular flexibility index (Phi) is 2.92. The minimum Gasteiger partial charge on any atom is -0.256 e. The van der Waals surface area contributed by atoms with Crippen LogP contribution in [-0.4, -0.2) is 4.98 Å². The summed E-state index contributed by atoms with van der Waals surface area (Å²) in [6, 6.07) is 15.9. The number of nitrogens with zero attached hydrogens (tertiary/aromatic N) is 1. The minimum absolute atomic E-state index is 0.0273. The van der Waals surface area contributed by atoms with Crippen molar-refractivity contribution in [2.24, 2.45) is 0 Å². The van der Waals surface area contributed by atoms with E-state index in [0.29, 0.717) is 0 Å². The van der Waals surface area contributed by atoms with Crippen LogP contribution in [0.1, 0.15) is 62.1 Å². The first-order valence-electron chi connectivity index (χ1n) is 9.19. The van der Waals surface area contributed by atoms with Gasteiger partial charge in [-0.15, -0.1) is 0 Å². The zero-order chi connectivity index (χ0) is 16.3. The fourth-order valence-electron chi connectivity index (χ4n) is 4.93. The molecule has 0 spiro atoms. The number of aromatic nitrogens is 1. The van der Waals surface area contributed by atoms with Crippen LogP contribution in [0, 0.1) is 0 Å². The van der Waals surface area contributed by atoms with Crippen LogP contribution in [0.25, 0.3) is 22.0 Å². The van der Waals surface area contributed by atoms with Crippen LogP contribution in [0.15, 0.2) is 48.7 Å². The maximum absolute atomic E-state index is 4.76. The van der Waals surface area contributed by atoms with Crippen molar-refractivity contribution in [2.75, 3.05) is 0 Å². The molecule has 120 valence electrons. The van der Waals surface area contributed by atoms with E-state index in [-0.39, 0.29) is 5.41 Å². The third kappa shape index (κ3) is 1.84. The zero-order valence-electron chi connectivity index (χ0n) is 14.5. The molecule has 0 aliphatic heterocycles. The minimum atomic E-state index is 0.0273. The lowest BCUT2D eigenvalue weighted by atomic mass is 9.68. The zero-order valence-corrected chi connectivity index (χ0v) is 14.5. The molecular formula is C23H23N. The number of benzene rings is 2. The van der Waals surface area contributed by atoms with E-state index in [1.54, 1.807) is 0 Å². The fraction of sp³-hybridized carbons (Fsp3) is 0.348. The topological polar surface area (TPSA) is 12.9 Å². The summed E-state index contributed by atoms with van der Waals surface area (Å²) in [5.41, 5.74) is 8.33. The Labute approximate surface area is 143 Å². The summed E-state index contributed by atoms with van der Waals surface area (Å²) >= 11 is 0. The molecule has 1 fully saturated rings. The van der Waals surface area contributed by atoms with Gasteiger partial charge in [0.1, 0.15) is 0 Å². The highest BCUT2D eigenvalue weighted by atomic mass is 14.7. The summed E-state index contributed by atoms with van der Waals surface area (Å²) in [5, 5.41) is 1.36. The molecule has 2 aliphatic rings. The van der Waals surface area contributed by atoms with Crippen molar-refractivity contribution in [1.82, 2.24) is 4.98 Å². The van der Waals surface area contributed by atoms with E-state index in [1.807, 2.05) is 6.20 Å². The highest BCUT2D eigenvalue weighted by Gasteiger charge is 2.34. The van der Waals surface area contributed by atoms with Crippen molar-refractivity contribution in [1.29, 1.82) is 0 Å². The van der Waals surface area contributed by atoms with Crippen molar-refractivity contribution >= 4 is 10.9 Å². The summed E-state index contributed by atoms with van der Waals surface area (Å²) in [5.74, 6) is 0.726. The van der Waals surface area contributed by atoms with Crippen LogP contribution in [0.3, 0.4) is 0 Å². The average Bonchev–Trinajstić information content (AvgIpc) is 3.14. The Morgan fingerprint density at radius 3 is 2.54 bits per heavy atom. The predicted molar refractivity (Wildman–Crippen MR) is 101 cm³/mol. The second-order valence-corrected chi connectivity index (χ2v) is 7.97. The molecule has 1 heteroatoms. The molecule has 24 heavy (non-hydrogen) atoms. The molecule has 3 aromatic rings. The van der Waals surface area contributed by atoms with Gasteiger partial charge < -0.3 is 0 Å². The molecule has 0 unspecified atom stereocenters. The summed E-state index contributed by atoms with van der Waals surface area (Å²) in [7, 11) is 0. The Hall–Kier alpha value is -2.15. The predicted octanol–water partition coefficient (Wildman–Crippen LogP) is 6.20. The smallest absolute Gasteiger partial charge is 0.0714 e. The summed E-state index contributed by atoms with van der Waals surface area (Å²) < 4.78 is 0. The molecule has 2 aromatic carbocycles. The summed E-state index contributed by atoms with van der Waals surface area (Å²) in [6.07, 6.45) is 7.40. The van der Waals surface area contributed by atoms with E-state index in [2.05, 4.69) is 56.3 Å². The molecule has 1 aromatic heterocycles. The van der Waals surface area contributed by atoms with E-state index < -0.39 is 0 Å². The molecule has 0 N–H and O–H groups in total. The SMILES string of the molecule is CC1(C)c2ccccc2-c2ccnc3cc(C4CCCC4)cc1c23. The Bertz CT molecular complexity index is 945. The molecule has 0 amide bonds. The van der Waals surface area contributed by atoms with Gasteiger partial charge in [-0.05, 0) is 58.7 Å². The molecule has 0 saturated heterocycles. The number of hydrogen-bond acceptors (Lipinski definition) is 1. The Morgan fingerprint density at radius 2 is 1.71 bits per heavy atom. The van der Waals surface area contributed by atoms with Gasteiger partial charge in [0.25, 0.3) is 0 Å². The largest absolute Gasteiger partial charge is 0.256 e. The Balaban J connectivity index is 1.87. The van der Waals surface area contributed by atoms with E-state index in [4.69, 9.17) is 4.98 Å². The molecule has 1 saturated carbocycles. The van der Waals surface area contributed by atoms with Crippen LogP contribution in [0.5, 0.6) is 0 Å². The lowest BCUT2D eigenvalue weighted by Crippen LogP contribution is -2.24. The van der Waals surface area contributed by atoms with Crippen LogP contribution >= 0.6 is 0 Å².